The van der Waals surface area contributed by atoms with Crippen molar-refractivity contribution >= 4 is 46.4 Å². The Labute approximate surface area is 155 Å². The zero-order valence-corrected chi connectivity index (χ0v) is 15.4. The molecular formula is C14H10Cl4F3N3. The van der Waals surface area contributed by atoms with E-state index in [9.17, 15) is 13.2 Å². The summed E-state index contributed by atoms with van der Waals surface area (Å²) < 4.78 is 38.8. The quantitative estimate of drug-likeness (QED) is 0.582. The number of nitrogens with zero attached hydrogens (tertiary/aromatic N) is 3. The molecule has 1 aliphatic carbocycles. The Balaban J connectivity index is 2.10. The fourth-order valence-corrected chi connectivity index (χ4v) is 3.76. The average Bonchev–Trinajstić information content (AvgIpc) is 2.75. The highest BCUT2D eigenvalue weighted by atomic mass is 35.5. The minimum atomic E-state index is -4.55. The molecule has 0 bridgehead atoms. The monoisotopic (exact) mass is 417 g/mol. The predicted molar refractivity (Wildman–Crippen MR) is 87.5 cm³/mol. The maximum absolute atomic E-state index is 12.8. The molecule has 1 saturated carbocycles. The zero-order valence-electron chi connectivity index (χ0n) is 12.3. The van der Waals surface area contributed by atoms with Gasteiger partial charge in [0.15, 0.2) is 5.82 Å². The number of hydrogen-bond acceptors (Lipinski definition) is 2. The van der Waals surface area contributed by atoms with Gasteiger partial charge in [0, 0.05) is 0 Å². The Morgan fingerprint density at radius 3 is 2.08 bits per heavy atom. The maximum Gasteiger partial charge on any atom is 0.416 e. The van der Waals surface area contributed by atoms with Crippen LogP contribution in [0.25, 0.3) is 5.69 Å². The Morgan fingerprint density at radius 1 is 1.17 bits per heavy atom. The van der Waals surface area contributed by atoms with Crippen molar-refractivity contribution in [2.75, 3.05) is 0 Å². The van der Waals surface area contributed by atoms with Crippen LogP contribution in [-0.4, -0.2) is 19.1 Å². The van der Waals surface area contributed by atoms with E-state index in [1.165, 1.54) is 4.68 Å². The number of aromatic nitrogens is 3. The summed E-state index contributed by atoms with van der Waals surface area (Å²) in [4.78, 5) is 4.31. The summed E-state index contributed by atoms with van der Waals surface area (Å²) in [5.74, 6) is 0.794. The van der Waals surface area contributed by atoms with E-state index in [0.717, 1.165) is 12.1 Å². The van der Waals surface area contributed by atoms with Crippen LogP contribution in [0.5, 0.6) is 0 Å². The third kappa shape index (κ3) is 2.77. The van der Waals surface area contributed by atoms with Gasteiger partial charge in [-0.15, -0.1) is 23.2 Å². The molecule has 3 nitrogen and oxygen atoms in total. The fraction of sp³-hybridized carbons (Fsp3) is 0.429. The van der Waals surface area contributed by atoms with Crippen LogP contribution in [0.3, 0.4) is 0 Å². The number of aryl methyl sites for hydroxylation is 1. The molecule has 0 N–H and O–H groups in total. The molecule has 0 saturated heterocycles. The first-order valence-corrected chi connectivity index (χ1v) is 8.26. The third-order valence-corrected chi connectivity index (χ3v) is 5.75. The van der Waals surface area contributed by atoms with Crippen LogP contribution in [0.15, 0.2) is 12.1 Å². The largest absolute Gasteiger partial charge is 0.416 e. The van der Waals surface area contributed by atoms with E-state index in [1.807, 2.05) is 6.92 Å². The van der Waals surface area contributed by atoms with E-state index in [-0.39, 0.29) is 15.7 Å². The molecule has 24 heavy (non-hydrogen) atoms. The van der Waals surface area contributed by atoms with Gasteiger partial charge in [-0.2, -0.15) is 18.3 Å². The van der Waals surface area contributed by atoms with E-state index in [1.54, 1.807) is 6.92 Å². The molecule has 0 aliphatic heterocycles. The van der Waals surface area contributed by atoms with Gasteiger partial charge >= 0.3 is 6.18 Å². The van der Waals surface area contributed by atoms with Crippen molar-refractivity contribution in [1.82, 2.24) is 14.8 Å². The fourth-order valence-electron chi connectivity index (χ4n) is 2.41. The van der Waals surface area contributed by atoms with Gasteiger partial charge in [-0.05, 0) is 32.4 Å². The second-order valence-electron chi connectivity index (χ2n) is 5.89. The normalized spacial score (nSPS) is 22.7. The van der Waals surface area contributed by atoms with Crippen LogP contribution in [0.2, 0.25) is 10.0 Å². The molecule has 2 aromatic rings. The highest BCUT2D eigenvalue weighted by Crippen LogP contribution is 2.63. The molecule has 1 aliphatic rings. The first-order valence-electron chi connectivity index (χ1n) is 6.75. The van der Waals surface area contributed by atoms with E-state index in [0.29, 0.717) is 18.1 Å². The van der Waals surface area contributed by atoms with Crippen LogP contribution < -0.4 is 0 Å². The van der Waals surface area contributed by atoms with Crippen LogP contribution in [0.4, 0.5) is 13.2 Å². The lowest BCUT2D eigenvalue weighted by Crippen LogP contribution is -2.13. The molecule has 10 heteroatoms. The number of halogens is 7. The Kier molecular flexibility index (Phi) is 4.08. The predicted octanol–water partition coefficient (Wildman–Crippen LogP) is 5.74. The first kappa shape index (κ1) is 18.1. The summed E-state index contributed by atoms with van der Waals surface area (Å²) in [6.45, 7) is 3.44. The van der Waals surface area contributed by atoms with Crippen molar-refractivity contribution in [2.24, 2.45) is 0 Å². The van der Waals surface area contributed by atoms with E-state index in [2.05, 4.69) is 10.1 Å². The second kappa shape index (κ2) is 5.40. The van der Waals surface area contributed by atoms with Crippen molar-refractivity contribution in [2.45, 2.75) is 36.2 Å². The molecule has 1 unspecified atom stereocenters. The summed E-state index contributed by atoms with van der Waals surface area (Å²) in [5, 5.41) is 3.95. The van der Waals surface area contributed by atoms with Gasteiger partial charge < -0.3 is 0 Å². The molecular weight excluding hydrogens is 409 g/mol. The summed E-state index contributed by atoms with van der Waals surface area (Å²) >= 11 is 24.3. The summed E-state index contributed by atoms with van der Waals surface area (Å²) in [5.41, 5.74) is -1.44. The standard InChI is InChI=1S/C14H10Cl4F3N3/c1-6-22-11(12(2)5-13(12,17)18)23-24(6)10-8(15)3-7(4-9(10)16)14(19,20)21/h3-4H,5H2,1-2H3. The lowest BCUT2D eigenvalue weighted by molar-refractivity contribution is -0.137. The van der Waals surface area contributed by atoms with Crippen molar-refractivity contribution in [3.05, 3.63) is 39.4 Å². The van der Waals surface area contributed by atoms with Crippen LogP contribution >= 0.6 is 46.4 Å². The number of hydrogen-bond donors (Lipinski definition) is 0. The van der Waals surface area contributed by atoms with Crippen LogP contribution in [-0.2, 0) is 11.6 Å². The van der Waals surface area contributed by atoms with Crippen molar-refractivity contribution in [1.29, 1.82) is 0 Å². The van der Waals surface area contributed by atoms with Gasteiger partial charge in [0.05, 0.1) is 21.0 Å². The maximum atomic E-state index is 12.8. The SMILES string of the molecule is Cc1nc(C2(C)CC2(Cl)Cl)nn1-c1c(Cl)cc(C(F)(F)F)cc1Cl. The van der Waals surface area contributed by atoms with Crippen LogP contribution in [0, 0.1) is 6.92 Å². The number of benzene rings is 1. The highest BCUT2D eigenvalue weighted by molar-refractivity contribution is 6.52. The van der Waals surface area contributed by atoms with Crippen LogP contribution in [0.1, 0.15) is 30.6 Å². The zero-order chi connectivity index (χ0) is 18.1. The lowest BCUT2D eigenvalue weighted by atomic mass is 10.1. The summed E-state index contributed by atoms with van der Waals surface area (Å²) in [6.07, 6.45) is -4.08. The molecule has 0 radical (unpaired) electrons. The van der Waals surface area contributed by atoms with Gasteiger partial charge in [-0.25, -0.2) is 9.67 Å². The molecule has 130 valence electrons. The topological polar surface area (TPSA) is 30.7 Å². The third-order valence-electron chi connectivity index (χ3n) is 4.08. The Bertz CT molecular complexity index is 808. The minimum absolute atomic E-state index is 0.126. The van der Waals surface area contributed by atoms with Crippen molar-refractivity contribution < 1.29 is 13.2 Å². The molecule has 1 atom stereocenters. The van der Waals surface area contributed by atoms with Gasteiger partial charge in [0.2, 0.25) is 0 Å². The molecule has 1 aromatic carbocycles. The van der Waals surface area contributed by atoms with E-state index in [4.69, 9.17) is 46.4 Å². The van der Waals surface area contributed by atoms with Gasteiger partial charge in [0.1, 0.15) is 15.8 Å². The second-order valence-corrected chi connectivity index (χ2v) is 8.19. The molecule has 0 spiro atoms. The molecule has 1 aromatic heterocycles. The summed E-state index contributed by atoms with van der Waals surface area (Å²) in [6, 6.07) is 1.60. The molecule has 0 amide bonds. The molecule has 1 fully saturated rings. The van der Waals surface area contributed by atoms with Gasteiger partial charge in [-0.1, -0.05) is 23.2 Å². The Hall–Kier alpha value is -0.690. The van der Waals surface area contributed by atoms with E-state index < -0.39 is 21.5 Å². The minimum Gasteiger partial charge on any atom is -0.216 e. The van der Waals surface area contributed by atoms with Crippen molar-refractivity contribution in [3.8, 4) is 5.69 Å². The number of alkyl halides is 5. The first-order chi connectivity index (χ1) is 10.9. The molecule has 1 heterocycles. The van der Waals surface area contributed by atoms with Crippen molar-refractivity contribution in [3.63, 3.8) is 0 Å². The summed E-state index contributed by atoms with van der Waals surface area (Å²) in [7, 11) is 0. The highest BCUT2D eigenvalue weighted by Gasteiger charge is 2.66. The Morgan fingerprint density at radius 2 is 1.67 bits per heavy atom. The van der Waals surface area contributed by atoms with Gasteiger partial charge in [-0.3, -0.25) is 0 Å². The average molecular weight is 419 g/mol. The lowest BCUT2D eigenvalue weighted by Gasteiger charge is -2.13. The smallest absolute Gasteiger partial charge is 0.216 e. The van der Waals surface area contributed by atoms with Gasteiger partial charge in [0.25, 0.3) is 0 Å². The molecule has 3 rings (SSSR count). The number of rotatable bonds is 2. The van der Waals surface area contributed by atoms with E-state index >= 15 is 0 Å².